The zero-order chi connectivity index (χ0) is 18.6. The van der Waals surface area contributed by atoms with Gasteiger partial charge < -0.3 is 20.1 Å². The third kappa shape index (κ3) is 4.00. The second kappa shape index (κ2) is 7.37. The van der Waals surface area contributed by atoms with E-state index >= 15 is 0 Å². The Hall–Kier alpha value is -3.54. The first kappa shape index (κ1) is 16.9. The summed E-state index contributed by atoms with van der Waals surface area (Å²) in [7, 11) is 0. The maximum Gasteiger partial charge on any atom is 0.274 e. The summed E-state index contributed by atoms with van der Waals surface area (Å²) in [6, 6.07) is 17.0. The lowest BCUT2D eigenvalue weighted by atomic mass is 10.2. The van der Waals surface area contributed by atoms with Crippen LogP contribution in [-0.2, 0) is 6.54 Å². The van der Waals surface area contributed by atoms with Gasteiger partial charge in [0, 0.05) is 12.2 Å². The number of nitrogens with one attached hydrogen (secondary N) is 2. The molecule has 1 aliphatic heterocycles. The quantitative estimate of drug-likeness (QED) is 0.719. The first-order valence-electron chi connectivity index (χ1n) is 8.64. The van der Waals surface area contributed by atoms with Crippen LogP contribution >= 0.6 is 0 Å². The standard InChI is InChI=1S/C21H19N3O3/c1-14-3-2-4-16(9-14)24-21(25)18-7-6-17(12-23-18)22-11-15-5-8-19-20(10-15)27-13-26-19/h2-10,12,22H,11,13H2,1H3,(H,24,25). The van der Waals surface area contributed by atoms with E-state index in [1.807, 2.05) is 55.5 Å². The molecule has 4 rings (SSSR count). The van der Waals surface area contributed by atoms with E-state index in [1.165, 1.54) is 0 Å². The molecule has 0 saturated heterocycles. The third-order valence-corrected chi connectivity index (χ3v) is 4.21. The predicted octanol–water partition coefficient (Wildman–Crippen LogP) is 3.98. The molecule has 0 bridgehead atoms. The fourth-order valence-corrected chi connectivity index (χ4v) is 2.81. The van der Waals surface area contributed by atoms with E-state index in [-0.39, 0.29) is 12.7 Å². The lowest BCUT2D eigenvalue weighted by Crippen LogP contribution is -2.13. The van der Waals surface area contributed by atoms with Gasteiger partial charge in [-0.2, -0.15) is 0 Å². The molecular weight excluding hydrogens is 342 g/mol. The van der Waals surface area contributed by atoms with E-state index in [9.17, 15) is 4.79 Å². The minimum absolute atomic E-state index is 0.233. The van der Waals surface area contributed by atoms with Crippen LogP contribution in [0.5, 0.6) is 11.5 Å². The third-order valence-electron chi connectivity index (χ3n) is 4.21. The number of fused-ring (bicyclic) bond motifs is 1. The van der Waals surface area contributed by atoms with Crippen LogP contribution in [0, 0.1) is 6.92 Å². The second-order valence-electron chi connectivity index (χ2n) is 6.30. The summed E-state index contributed by atoms with van der Waals surface area (Å²) in [5.74, 6) is 1.29. The number of aromatic nitrogens is 1. The van der Waals surface area contributed by atoms with Crippen molar-refractivity contribution in [1.82, 2.24) is 4.98 Å². The van der Waals surface area contributed by atoms with E-state index in [2.05, 4.69) is 15.6 Å². The van der Waals surface area contributed by atoms with Crippen molar-refractivity contribution in [2.45, 2.75) is 13.5 Å². The zero-order valence-electron chi connectivity index (χ0n) is 14.9. The number of benzene rings is 2. The number of carbonyl (C=O) groups is 1. The molecule has 2 N–H and O–H groups in total. The summed E-state index contributed by atoms with van der Waals surface area (Å²) in [5, 5.41) is 6.14. The van der Waals surface area contributed by atoms with Gasteiger partial charge in [0.2, 0.25) is 6.79 Å². The molecule has 136 valence electrons. The van der Waals surface area contributed by atoms with Crippen molar-refractivity contribution in [3.63, 3.8) is 0 Å². The van der Waals surface area contributed by atoms with Gasteiger partial charge in [0.15, 0.2) is 11.5 Å². The van der Waals surface area contributed by atoms with Gasteiger partial charge in [-0.3, -0.25) is 4.79 Å². The average molecular weight is 361 g/mol. The maximum atomic E-state index is 12.3. The lowest BCUT2D eigenvalue weighted by Gasteiger charge is -2.09. The molecule has 6 heteroatoms. The highest BCUT2D eigenvalue weighted by Gasteiger charge is 2.13. The van der Waals surface area contributed by atoms with Crippen LogP contribution in [0.15, 0.2) is 60.8 Å². The Balaban J connectivity index is 1.36. The molecule has 0 saturated carbocycles. The summed E-state index contributed by atoms with van der Waals surface area (Å²) in [6.07, 6.45) is 1.65. The summed E-state index contributed by atoms with van der Waals surface area (Å²) < 4.78 is 10.7. The fraction of sp³-hybridized carbons (Fsp3) is 0.143. The number of nitrogens with zero attached hydrogens (tertiary/aromatic N) is 1. The number of ether oxygens (including phenoxy) is 2. The highest BCUT2D eigenvalue weighted by Crippen LogP contribution is 2.32. The van der Waals surface area contributed by atoms with Crippen molar-refractivity contribution < 1.29 is 14.3 Å². The number of hydrogen-bond acceptors (Lipinski definition) is 5. The molecule has 0 atom stereocenters. The Bertz CT molecular complexity index is 971. The van der Waals surface area contributed by atoms with Gasteiger partial charge in [0.25, 0.3) is 5.91 Å². The minimum atomic E-state index is -0.233. The van der Waals surface area contributed by atoms with Crippen LogP contribution in [0.4, 0.5) is 11.4 Å². The van der Waals surface area contributed by atoms with E-state index in [4.69, 9.17) is 9.47 Å². The largest absolute Gasteiger partial charge is 0.454 e. The number of hydrogen-bond donors (Lipinski definition) is 2. The Kier molecular flexibility index (Phi) is 4.61. The monoisotopic (exact) mass is 361 g/mol. The van der Waals surface area contributed by atoms with Crippen molar-refractivity contribution in [2.75, 3.05) is 17.4 Å². The topological polar surface area (TPSA) is 72.5 Å². The zero-order valence-corrected chi connectivity index (χ0v) is 14.9. The number of rotatable bonds is 5. The molecule has 0 unspecified atom stereocenters. The molecule has 2 heterocycles. The number of carbonyl (C=O) groups excluding carboxylic acids is 1. The van der Waals surface area contributed by atoms with Crippen LogP contribution in [0.1, 0.15) is 21.6 Å². The normalized spacial score (nSPS) is 11.9. The van der Waals surface area contributed by atoms with Crippen LogP contribution < -0.4 is 20.1 Å². The summed E-state index contributed by atoms with van der Waals surface area (Å²) in [6.45, 7) is 2.86. The first-order chi connectivity index (χ1) is 13.2. The fourth-order valence-electron chi connectivity index (χ4n) is 2.81. The van der Waals surface area contributed by atoms with Crippen LogP contribution in [0.25, 0.3) is 0 Å². The molecule has 6 nitrogen and oxygen atoms in total. The average Bonchev–Trinajstić information content (AvgIpc) is 3.14. The van der Waals surface area contributed by atoms with Crippen molar-refractivity contribution in [2.24, 2.45) is 0 Å². The molecule has 0 fully saturated rings. The maximum absolute atomic E-state index is 12.3. The molecule has 0 aliphatic carbocycles. The van der Waals surface area contributed by atoms with Gasteiger partial charge >= 0.3 is 0 Å². The van der Waals surface area contributed by atoms with Gasteiger partial charge in [-0.05, 0) is 54.4 Å². The van der Waals surface area contributed by atoms with Gasteiger partial charge in [0.05, 0.1) is 11.9 Å². The number of amides is 1. The molecule has 1 aliphatic rings. The SMILES string of the molecule is Cc1cccc(NC(=O)c2ccc(NCc3ccc4c(c3)OCO4)cn2)c1. The van der Waals surface area contributed by atoms with Gasteiger partial charge in [-0.15, -0.1) is 0 Å². The van der Waals surface area contributed by atoms with Crippen molar-refractivity contribution in [1.29, 1.82) is 0 Å². The van der Waals surface area contributed by atoms with Gasteiger partial charge in [-0.25, -0.2) is 4.98 Å². The minimum Gasteiger partial charge on any atom is -0.454 e. The molecule has 27 heavy (non-hydrogen) atoms. The Morgan fingerprint density at radius 1 is 1.04 bits per heavy atom. The van der Waals surface area contributed by atoms with Crippen LogP contribution in [0.2, 0.25) is 0 Å². The van der Waals surface area contributed by atoms with Crippen LogP contribution in [-0.4, -0.2) is 17.7 Å². The lowest BCUT2D eigenvalue weighted by molar-refractivity contribution is 0.102. The highest BCUT2D eigenvalue weighted by molar-refractivity contribution is 6.02. The number of aryl methyl sites for hydroxylation is 1. The van der Waals surface area contributed by atoms with E-state index in [0.717, 1.165) is 34.0 Å². The highest BCUT2D eigenvalue weighted by atomic mass is 16.7. The predicted molar refractivity (Wildman–Crippen MR) is 103 cm³/mol. The van der Waals surface area contributed by atoms with Crippen molar-refractivity contribution in [3.8, 4) is 11.5 Å². The van der Waals surface area contributed by atoms with Gasteiger partial charge in [0.1, 0.15) is 5.69 Å². The van der Waals surface area contributed by atoms with Gasteiger partial charge in [-0.1, -0.05) is 18.2 Å². The Labute approximate surface area is 157 Å². The molecule has 3 aromatic rings. The molecule has 0 radical (unpaired) electrons. The first-order valence-corrected chi connectivity index (χ1v) is 8.64. The van der Waals surface area contributed by atoms with E-state index in [1.54, 1.807) is 12.3 Å². The van der Waals surface area contributed by atoms with E-state index in [0.29, 0.717) is 12.2 Å². The molecule has 1 amide bonds. The Morgan fingerprint density at radius 2 is 1.93 bits per heavy atom. The van der Waals surface area contributed by atoms with E-state index < -0.39 is 0 Å². The second-order valence-corrected chi connectivity index (χ2v) is 6.30. The van der Waals surface area contributed by atoms with Crippen molar-refractivity contribution in [3.05, 3.63) is 77.6 Å². The van der Waals surface area contributed by atoms with Crippen LogP contribution in [0.3, 0.4) is 0 Å². The summed E-state index contributed by atoms with van der Waals surface area (Å²) in [5.41, 5.74) is 4.11. The smallest absolute Gasteiger partial charge is 0.274 e. The molecule has 2 aromatic carbocycles. The Morgan fingerprint density at radius 3 is 2.74 bits per heavy atom. The molecular formula is C21H19N3O3. The number of anilines is 2. The number of pyridine rings is 1. The molecule has 1 aromatic heterocycles. The summed E-state index contributed by atoms with van der Waals surface area (Å²) in [4.78, 5) is 16.6. The molecule has 0 spiro atoms. The van der Waals surface area contributed by atoms with Crippen molar-refractivity contribution >= 4 is 17.3 Å². The summed E-state index contributed by atoms with van der Waals surface area (Å²) >= 11 is 0.